The number of benzene rings is 2. The molecule has 5 nitrogen and oxygen atoms in total. The van der Waals surface area contributed by atoms with Gasteiger partial charge in [-0.3, -0.25) is 4.79 Å². The number of esters is 1. The van der Waals surface area contributed by atoms with Gasteiger partial charge in [0.05, 0.1) is 12.0 Å². The van der Waals surface area contributed by atoms with Crippen LogP contribution < -0.4 is 4.72 Å². The normalized spacial score (nSPS) is 13.3. The largest absolute Gasteiger partial charge is 0.468 e. The summed E-state index contributed by atoms with van der Waals surface area (Å²) in [6.07, 6.45) is 0. The zero-order valence-corrected chi connectivity index (χ0v) is 13.6. The van der Waals surface area contributed by atoms with Gasteiger partial charge in [-0.05, 0) is 28.8 Å². The molecule has 2 rings (SSSR count). The minimum Gasteiger partial charge on any atom is -0.468 e. The zero-order valence-electron chi connectivity index (χ0n) is 12.7. The van der Waals surface area contributed by atoms with Crippen LogP contribution in [0.2, 0.25) is 0 Å². The molecule has 0 aliphatic carbocycles. The van der Waals surface area contributed by atoms with Gasteiger partial charge in [0.1, 0.15) is 6.04 Å². The molecule has 1 N–H and O–H groups in total. The Morgan fingerprint density at radius 2 is 1.73 bits per heavy atom. The molecule has 1 unspecified atom stereocenters. The first-order chi connectivity index (χ1) is 10.3. The van der Waals surface area contributed by atoms with Gasteiger partial charge in [0, 0.05) is 0 Å². The number of methoxy groups -OCH3 is 1. The van der Waals surface area contributed by atoms with E-state index < -0.39 is 22.0 Å². The molecule has 22 heavy (non-hydrogen) atoms. The fraction of sp³-hybridized carbons (Fsp3) is 0.312. The Kier molecular flexibility index (Phi) is 4.83. The summed E-state index contributed by atoms with van der Waals surface area (Å²) >= 11 is 0. The van der Waals surface area contributed by atoms with Crippen molar-refractivity contribution in [3.63, 3.8) is 0 Å². The molecule has 0 radical (unpaired) electrons. The van der Waals surface area contributed by atoms with E-state index in [1.807, 2.05) is 24.3 Å². The van der Waals surface area contributed by atoms with Crippen LogP contribution >= 0.6 is 0 Å². The zero-order chi connectivity index (χ0) is 16.3. The number of carbonyl (C=O) groups is 1. The van der Waals surface area contributed by atoms with Crippen molar-refractivity contribution in [1.29, 1.82) is 0 Å². The predicted octanol–water partition coefficient (Wildman–Crippen LogP) is 2.32. The van der Waals surface area contributed by atoms with Crippen molar-refractivity contribution >= 4 is 26.8 Å². The summed E-state index contributed by atoms with van der Waals surface area (Å²) < 4.78 is 32.1. The third kappa shape index (κ3) is 3.45. The molecule has 0 bridgehead atoms. The summed E-state index contributed by atoms with van der Waals surface area (Å²) in [6.45, 7) is 3.51. The van der Waals surface area contributed by atoms with Gasteiger partial charge in [0.25, 0.3) is 0 Å². The predicted molar refractivity (Wildman–Crippen MR) is 84.9 cm³/mol. The van der Waals surface area contributed by atoms with Gasteiger partial charge < -0.3 is 4.74 Å². The number of ether oxygens (including phenoxy) is 1. The first kappa shape index (κ1) is 16.5. The minimum atomic E-state index is -3.80. The third-order valence-electron chi connectivity index (χ3n) is 3.44. The van der Waals surface area contributed by atoms with E-state index in [2.05, 4.69) is 9.46 Å². The molecule has 0 aliphatic heterocycles. The van der Waals surface area contributed by atoms with Gasteiger partial charge in [-0.1, -0.05) is 44.2 Å². The van der Waals surface area contributed by atoms with Crippen LogP contribution in [-0.2, 0) is 19.6 Å². The molecule has 0 amide bonds. The summed E-state index contributed by atoms with van der Waals surface area (Å²) in [5, 5.41) is 1.78. The number of sulfonamides is 1. The SMILES string of the molecule is COC(=O)C(NS(=O)(=O)c1ccc2ccccc2c1)C(C)C. The maximum absolute atomic E-state index is 12.5. The van der Waals surface area contributed by atoms with E-state index in [-0.39, 0.29) is 10.8 Å². The maximum Gasteiger partial charge on any atom is 0.324 e. The van der Waals surface area contributed by atoms with Crippen LogP contribution in [0, 0.1) is 5.92 Å². The van der Waals surface area contributed by atoms with Gasteiger partial charge in [-0.15, -0.1) is 0 Å². The molecule has 2 aromatic carbocycles. The van der Waals surface area contributed by atoms with Crippen molar-refractivity contribution in [2.45, 2.75) is 24.8 Å². The highest BCUT2D eigenvalue weighted by Gasteiger charge is 2.29. The fourth-order valence-corrected chi connectivity index (χ4v) is 3.52. The van der Waals surface area contributed by atoms with Gasteiger partial charge in [-0.2, -0.15) is 4.72 Å². The first-order valence-corrected chi connectivity index (χ1v) is 8.42. The molecule has 6 heteroatoms. The minimum absolute atomic E-state index is 0.126. The highest BCUT2D eigenvalue weighted by Crippen LogP contribution is 2.19. The van der Waals surface area contributed by atoms with Crippen LogP contribution in [0.15, 0.2) is 47.4 Å². The Hall–Kier alpha value is -1.92. The quantitative estimate of drug-likeness (QED) is 0.858. The second kappa shape index (κ2) is 6.46. The number of nitrogens with one attached hydrogen (secondary N) is 1. The van der Waals surface area contributed by atoms with Crippen molar-refractivity contribution in [2.75, 3.05) is 7.11 Å². The Balaban J connectivity index is 2.37. The summed E-state index contributed by atoms with van der Waals surface area (Å²) in [7, 11) is -2.56. The van der Waals surface area contributed by atoms with Crippen LogP contribution in [-0.4, -0.2) is 27.5 Å². The summed E-state index contributed by atoms with van der Waals surface area (Å²) in [4.78, 5) is 11.9. The molecule has 118 valence electrons. The first-order valence-electron chi connectivity index (χ1n) is 6.94. The highest BCUT2D eigenvalue weighted by atomic mass is 32.2. The Morgan fingerprint density at radius 1 is 1.09 bits per heavy atom. The Bertz CT molecular complexity index is 784. The van der Waals surface area contributed by atoms with Gasteiger partial charge >= 0.3 is 5.97 Å². The average Bonchev–Trinajstić information content (AvgIpc) is 2.51. The van der Waals surface area contributed by atoms with Crippen LogP contribution in [0.3, 0.4) is 0 Å². The van der Waals surface area contributed by atoms with Crippen molar-refractivity contribution in [1.82, 2.24) is 4.72 Å². The fourth-order valence-electron chi connectivity index (χ4n) is 2.15. The summed E-state index contributed by atoms with van der Waals surface area (Å²) in [5.74, 6) is -0.818. The molecule has 1 atom stereocenters. The maximum atomic E-state index is 12.5. The molecule has 0 aliphatic rings. The topological polar surface area (TPSA) is 72.5 Å². The lowest BCUT2D eigenvalue weighted by Crippen LogP contribution is -2.44. The number of hydrogen-bond donors (Lipinski definition) is 1. The lowest BCUT2D eigenvalue weighted by atomic mass is 10.1. The molecule has 0 heterocycles. The number of hydrogen-bond acceptors (Lipinski definition) is 4. The monoisotopic (exact) mass is 321 g/mol. The molecule has 0 fully saturated rings. The van der Waals surface area contributed by atoms with Crippen LogP contribution in [0.1, 0.15) is 13.8 Å². The van der Waals surface area contributed by atoms with Crippen molar-refractivity contribution < 1.29 is 17.9 Å². The molecule has 0 aromatic heterocycles. The van der Waals surface area contributed by atoms with Crippen LogP contribution in [0.4, 0.5) is 0 Å². The van der Waals surface area contributed by atoms with Gasteiger partial charge in [0.15, 0.2) is 0 Å². The van der Waals surface area contributed by atoms with Crippen molar-refractivity contribution in [3.8, 4) is 0 Å². The van der Waals surface area contributed by atoms with E-state index in [1.54, 1.807) is 26.0 Å². The van der Waals surface area contributed by atoms with Crippen molar-refractivity contribution in [3.05, 3.63) is 42.5 Å². The Labute approximate surface area is 130 Å². The second-order valence-corrected chi connectivity index (χ2v) is 7.09. The average molecular weight is 321 g/mol. The van der Waals surface area contributed by atoms with Crippen LogP contribution in [0.5, 0.6) is 0 Å². The molecule has 2 aromatic rings. The van der Waals surface area contributed by atoms with Crippen molar-refractivity contribution in [2.24, 2.45) is 5.92 Å². The molecular weight excluding hydrogens is 302 g/mol. The van der Waals surface area contributed by atoms with Crippen LogP contribution in [0.25, 0.3) is 10.8 Å². The summed E-state index contributed by atoms with van der Waals surface area (Å²) in [6, 6.07) is 11.4. The second-order valence-electron chi connectivity index (χ2n) is 5.38. The lowest BCUT2D eigenvalue weighted by molar-refractivity contribution is -0.143. The standard InChI is InChI=1S/C16H19NO4S/c1-11(2)15(16(18)21-3)17-22(19,20)14-9-8-12-6-4-5-7-13(12)10-14/h4-11,15,17H,1-3H3. The number of carbonyl (C=O) groups excluding carboxylic acids is 1. The van der Waals surface area contributed by atoms with E-state index in [9.17, 15) is 13.2 Å². The number of fused-ring (bicyclic) bond motifs is 1. The van der Waals surface area contributed by atoms with Gasteiger partial charge in [0.2, 0.25) is 10.0 Å². The van der Waals surface area contributed by atoms with E-state index in [4.69, 9.17) is 0 Å². The Morgan fingerprint density at radius 3 is 2.32 bits per heavy atom. The molecule has 0 saturated heterocycles. The van der Waals surface area contributed by atoms with Gasteiger partial charge in [-0.25, -0.2) is 8.42 Å². The van der Waals surface area contributed by atoms with E-state index in [1.165, 1.54) is 13.2 Å². The highest BCUT2D eigenvalue weighted by molar-refractivity contribution is 7.89. The smallest absolute Gasteiger partial charge is 0.324 e. The summed E-state index contributed by atoms with van der Waals surface area (Å²) in [5.41, 5.74) is 0. The van der Waals surface area contributed by atoms with E-state index in [0.29, 0.717) is 0 Å². The molecule has 0 saturated carbocycles. The number of rotatable bonds is 5. The third-order valence-corrected chi connectivity index (χ3v) is 4.87. The lowest BCUT2D eigenvalue weighted by Gasteiger charge is -2.19. The molecule has 0 spiro atoms. The molecular formula is C16H19NO4S. The van der Waals surface area contributed by atoms with E-state index >= 15 is 0 Å². The van der Waals surface area contributed by atoms with E-state index in [0.717, 1.165) is 10.8 Å².